The normalized spacial score (nSPS) is 12.5. The van der Waals surface area contributed by atoms with Gasteiger partial charge < -0.3 is 14.4 Å². The van der Waals surface area contributed by atoms with Crippen LogP contribution in [0.4, 0.5) is 0 Å². The summed E-state index contributed by atoms with van der Waals surface area (Å²) in [5, 5.41) is 0. The van der Waals surface area contributed by atoms with Gasteiger partial charge in [0.1, 0.15) is 0 Å². The smallest absolute Gasteiger partial charge is 0.307 e. The van der Waals surface area contributed by atoms with E-state index in [2.05, 4.69) is 0 Å². The Bertz CT molecular complexity index is 404. The molecule has 1 rings (SSSR count). The minimum Gasteiger partial charge on any atom is -0.466 e. The summed E-state index contributed by atoms with van der Waals surface area (Å²) in [6.07, 6.45) is 0.349. The van der Waals surface area contributed by atoms with Crippen molar-refractivity contribution in [1.82, 2.24) is 4.90 Å². The predicted molar refractivity (Wildman–Crippen MR) is 74.8 cm³/mol. The maximum atomic E-state index is 11.7. The average Bonchev–Trinajstić information content (AvgIpc) is 2.37. The summed E-state index contributed by atoms with van der Waals surface area (Å²) in [6.45, 7) is 2.78. The first-order chi connectivity index (χ1) is 9.10. The quantitative estimate of drug-likeness (QED) is 0.710. The Balaban J connectivity index is 2.95. The van der Waals surface area contributed by atoms with E-state index >= 15 is 0 Å². The topological polar surface area (TPSA) is 38.8 Å². The van der Waals surface area contributed by atoms with Crippen LogP contribution in [0.1, 0.15) is 30.5 Å². The summed E-state index contributed by atoms with van der Waals surface area (Å²) in [7, 11) is 5.60. The molecule has 19 heavy (non-hydrogen) atoms. The Morgan fingerprint density at radius 2 is 2.00 bits per heavy atom. The molecular weight excluding hydrogens is 242 g/mol. The lowest BCUT2D eigenvalue weighted by molar-refractivity contribution is -0.144. The fourth-order valence-corrected chi connectivity index (χ4v) is 2.09. The van der Waals surface area contributed by atoms with Crippen LogP contribution in [-0.2, 0) is 20.9 Å². The predicted octanol–water partition coefficient (Wildman–Crippen LogP) is 2.39. The summed E-state index contributed by atoms with van der Waals surface area (Å²) >= 11 is 0. The molecule has 0 N–H and O–H groups in total. The minimum atomic E-state index is -0.173. The monoisotopic (exact) mass is 265 g/mol. The van der Waals surface area contributed by atoms with Crippen molar-refractivity contribution in [3.05, 3.63) is 35.4 Å². The van der Waals surface area contributed by atoms with Crippen LogP contribution >= 0.6 is 0 Å². The van der Waals surface area contributed by atoms with Gasteiger partial charge in [-0.2, -0.15) is 0 Å². The van der Waals surface area contributed by atoms with E-state index in [0.717, 1.165) is 11.1 Å². The summed E-state index contributed by atoms with van der Waals surface area (Å²) in [5.41, 5.74) is 2.22. The zero-order valence-corrected chi connectivity index (χ0v) is 12.2. The molecule has 0 saturated carbocycles. The van der Waals surface area contributed by atoms with Crippen LogP contribution in [0.25, 0.3) is 0 Å². The van der Waals surface area contributed by atoms with Crippen molar-refractivity contribution in [3.63, 3.8) is 0 Å². The van der Waals surface area contributed by atoms with Crippen LogP contribution in [0.15, 0.2) is 24.3 Å². The van der Waals surface area contributed by atoms with E-state index in [9.17, 15) is 4.79 Å². The molecule has 4 heteroatoms. The number of rotatable bonds is 7. The van der Waals surface area contributed by atoms with E-state index in [1.54, 1.807) is 7.11 Å². The molecule has 106 valence electrons. The van der Waals surface area contributed by atoms with Gasteiger partial charge in [-0.1, -0.05) is 24.3 Å². The lowest BCUT2D eigenvalue weighted by atomic mass is 9.97. The number of hydrogen-bond acceptors (Lipinski definition) is 4. The largest absolute Gasteiger partial charge is 0.466 e. The van der Waals surface area contributed by atoms with Gasteiger partial charge in [-0.15, -0.1) is 0 Å². The molecule has 0 heterocycles. The number of benzene rings is 1. The zero-order valence-electron chi connectivity index (χ0n) is 12.2. The molecule has 1 atom stereocenters. The number of hydrogen-bond donors (Lipinski definition) is 0. The van der Waals surface area contributed by atoms with Gasteiger partial charge in [0.05, 0.1) is 19.6 Å². The lowest BCUT2D eigenvalue weighted by Gasteiger charge is -2.26. The maximum absolute atomic E-state index is 11.7. The molecular formula is C15H23NO3. The van der Waals surface area contributed by atoms with Crippen molar-refractivity contribution in [2.24, 2.45) is 0 Å². The van der Waals surface area contributed by atoms with Gasteiger partial charge in [0.2, 0.25) is 0 Å². The second-order valence-corrected chi connectivity index (χ2v) is 4.62. The molecule has 1 aromatic rings. The van der Waals surface area contributed by atoms with Crippen molar-refractivity contribution in [1.29, 1.82) is 0 Å². The number of esters is 1. The molecule has 0 radical (unpaired) electrons. The highest BCUT2D eigenvalue weighted by molar-refractivity contribution is 5.70. The average molecular weight is 265 g/mol. The highest BCUT2D eigenvalue weighted by Crippen LogP contribution is 2.26. The van der Waals surface area contributed by atoms with Crippen LogP contribution < -0.4 is 0 Å². The number of nitrogens with zero attached hydrogens (tertiary/aromatic N) is 1. The third-order valence-electron chi connectivity index (χ3n) is 3.00. The molecule has 0 aliphatic heterocycles. The molecule has 0 fully saturated rings. The summed E-state index contributed by atoms with van der Waals surface area (Å²) in [4.78, 5) is 13.8. The SMILES string of the molecule is CCOC(=O)CC(c1ccccc1COC)N(C)C. The molecule has 0 bridgehead atoms. The van der Waals surface area contributed by atoms with E-state index < -0.39 is 0 Å². The van der Waals surface area contributed by atoms with Crippen molar-refractivity contribution in [2.75, 3.05) is 27.8 Å². The molecule has 0 aliphatic carbocycles. The third-order valence-corrected chi connectivity index (χ3v) is 3.00. The number of carbonyl (C=O) groups is 1. The number of methoxy groups -OCH3 is 1. The number of ether oxygens (including phenoxy) is 2. The number of carbonyl (C=O) groups excluding carboxylic acids is 1. The van der Waals surface area contributed by atoms with E-state index in [4.69, 9.17) is 9.47 Å². The summed E-state index contributed by atoms with van der Waals surface area (Å²) in [5.74, 6) is -0.173. The van der Waals surface area contributed by atoms with Crippen LogP contribution in [0.3, 0.4) is 0 Å². The molecule has 1 aromatic carbocycles. The van der Waals surface area contributed by atoms with Crippen molar-refractivity contribution in [2.45, 2.75) is 26.0 Å². The standard InChI is InChI=1S/C15H23NO3/c1-5-19-15(17)10-14(16(2)3)13-9-7-6-8-12(13)11-18-4/h6-9,14H,5,10-11H2,1-4H3. The highest BCUT2D eigenvalue weighted by Gasteiger charge is 2.21. The van der Waals surface area contributed by atoms with Crippen LogP contribution in [0.5, 0.6) is 0 Å². The van der Waals surface area contributed by atoms with Gasteiger partial charge in [0, 0.05) is 13.2 Å². The van der Waals surface area contributed by atoms with Crippen molar-refractivity contribution in [3.8, 4) is 0 Å². The molecule has 0 aliphatic rings. The molecule has 4 nitrogen and oxygen atoms in total. The Morgan fingerprint density at radius 1 is 1.32 bits per heavy atom. The van der Waals surface area contributed by atoms with Gasteiger partial charge in [-0.3, -0.25) is 4.79 Å². The van der Waals surface area contributed by atoms with E-state index in [-0.39, 0.29) is 12.0 Å². The van der Waals surface area contributed by atoms with Gasteiger partial charge >= 0.3 is 5.97 Å². The van der Waals surface area contributed by atoms with Gasteiger partial charge in [-0.05, 0) is 32.1 Å². The minimum absolute atomic E-state index is 0.00500. The Labute approximate surface area is 115 Å². The fourth-order valence-electron chi connectivity index (χ4n) is 2.09. The first-order valence-corrected chi connectivity index (χ1v) is 6.48. The summed E-state index contributed by atoms with van der Waals surface area (Å²) < 4.78 is 10.3. The maximum Gasteiger partial charge on any atom is 0.307 e. The molecule has 1 unspecified atom stereocenters. The second-order valence-electron chi connectivity index (χ2n) is 4.62. The van der Waals surface area contributed by atoms with Crippen molar-refractivity contribution < 1.29 is 14.3 Å². The van der Waals surface area contributed by atoms with Crippen LogP contribution in [0.2, 0.25) is 0 Å². The van der Waals surface area contributed by atoms with Crippen LogP contribution in [0, 0.1) is 0 Å². The second kappa shape index (κ2) is 7.92. The van der Waals surface area contributed by atoms with Crippen LogP contribution in [-0.4, -0.2) is 38.7 Å². The van der Waals surface area contributed by atoms with Gasteiger partial charge in [0.15, 0.2) is 0 Å². The highest BCUT2D eigenvalue weighted by atomic mass is 16.5. The first kappa shape index (κ1) is 15.7. The van der Waals surface area contributed by atoms with Gasteiger partial charge in [-0.25, -0.2) is 0 Å². The molecule has 0 amide bonds. The lowest BCUT2D eigenvalue weighted by Crippen LogP contribution is -2.25. The third kappa shape index (κ3) is 4.65. The fraction of sp³-hybridized carbons (Fsp3) is 0.533. The Morgan fingerprint density at radius 3 is 2.58 bits per heavy atom. The molecule has 0 aromatic heterocycles. The Kier molecular flexibility index (Phi) is 6.53. The van der Waals surface area contributed by atoms with Crippen molar-refractivity contribution >= 4 is 5.97 Å². The molecule has 0 spiro atoms. The Hall–Kier alpha value is -1.39. The van der Waals surface area contributed by atoms with E-state index in [1.807, 2.05) is 50.2 Å². The van der Waals surface area contributed by atoms with E-state index in [0.29, 0.717) is 19.6 Å². The van der Waals surface area contributed by atoms with E-state index in [1.165, 1.54) is 0 Å². The zero-order chi connectivity index (χ0) is 14.3. The van der Waals surface area contributed by atoms with Gasteiger partial charge in [0.25, 0.3) is 0 Å². The summed E-state index contributed by atoms with van der Waals surface area (Å²) in [6, 6.07) is 8.04. The molecule has 0 saturated heterocycles. The first-order valence-electron chi connectivity index (χ1n) is 6.48.